The molecule has 3 aromatic rings. The molecule has 0 bridgehead atoms. The molecule has 1 unspecified atom stereocenters. The topological polar surface area (TPSA) is 43.0 Å². The molecular formula is C25H26N2O3S. The van der Waals surface area contributed by atoms with Crippen LogP contribution in [0.25, 0.3) is 0 Å². The maximum absolute atomic E-state index is 5.87. The van der Waals surface area contributed by atoms with Crippen LogP contribution in [0.4, 0.5) is 5.69 Å². The van der Waals surface area contributed by atoms with Gasteiger partial charge in [0, 0.05) is 18.3 Å². The van der Waals surface area contributed by atoms with Crippen LogP contribution in [-0.4, -0.2) is 37.9 Å². The lowest BCUT2D eigenvalue weighted by atomic mass is 9.88. The van der Waals surface area contributed by atoms with Crippen molar-refractivity contribution in [3.63, 3.8) is 0 Å². The second kappa shape index (κ2) is 9.27. The van der Waals surface area contributed by atoms with Crippen molar-refractivity contribution in [2.45, 2.75) is 12.5 Å². The lowest BCUT2D eigenvalue weighted by Crippen LogP contribution is -2.42. The maximum Gasteiger partial charge on any atom is 0.174 e. The van der Waals surface area contributed by atoms with Crippen LogP contribution < -0.4 is 19.5 Å². The largest absolute Gasteiger partial charge is 0.497 e. The first-order valence-corrected chi connectivity index (χ1v) is 10.6. The van der Waals surface area contributed by atoms with Crippen molar-refractivity contribution in [2.24, 2.45) is 0 Å². The second-order valence-electron chi connectivity index (χ2n) is 7.32. The quantitative estimate of drug-likeness (QED) is 0.567. The van der Waals surface area contributed by atoms with Crippen molar-refractivity contribution in [1.82, 2.24) is 4.90 Å². The Labute approximate surface area is 188 Å². The second-order valence-corrected chi connectivity index (χ2v) is 7.71. The van der Waals surface area contributed by atoms with Crippen LogP contribution in [0.5, 0.6) is 17.2 Å². The van der Waals surface area contributed by atoms with Crippen molar-refractivity contribution < 1.29 is 14.2 Å². The average Bonchev–Trinajstić information content (AvgIpc) is 2.82. The Kier molecular flexibility index (Phi) is 6.28. The first-order chi connectivity index (χ1) is 15.1. The zero-order valence-corrected chi connectivity index (χ0v) is 18.7. The molecule has 160 valence electrons. The van der Waals surface area contributed by atoms with Crippen molar-refractivity contribution in [3.8, 4) is 17.2 Å². The number of nitrogens with one attached hydrogen (secondary N) is 1. The predicted octanol–water partition coefficient (Wildman–Crippen LogP) is 5.06. The van der Waals surface area contributed by atoms with Gasteiger partial charge in [0.25, 0.3) is 0 Å². The minimum atomic E-state index is -0.0321. The lowest BCUT2D eigenvalue weighted by Gasteiger charge is -2.39. The van der Waals surface area contributed by atoms with Gasteiger partial charge < -0.3 is 24.4 Å². The molecule has 31 heavy (non-hydrogen) atoms. The Bertz CT molecular complexity index is 1070. The summed E-state index contributed by atoms with van der Waals surface area (Å²) in [5.74, 6) is 2.25. The Balaban J connectivity index is 1.73. The van der Waals surface area contributed by atoms with Crippen molar-refractivity contribution in [3.05, 3.63) is 83.4 Å². The Morgan fingerprint density at radius 1 is 0.903 bits per heavy atom. The Hall–Kier alpha value is -3.25. The van der Waals surface area contributed by atoms with Crippen LogP contribution in [0.3, 0.4) is 0 Å². The number of anilines is 1. The highest BCUT2D eigenvalue weighted by Crippen LogP contribution is 2.41. The van der Waals surface area contributed by atoms with Gasteiger partial charge in [-0.1, -0.05) is 36.4 Å². The molecule has 6 heteroatoms. The fourth-order valence-corrected chi connectivity index (χ4v) is 4.37. The minimum Gasteiger partial charge on any atom is -0.497 e. The van der Waals surface area contributed by atoms with E-state index in [0.29, 0.717) is 5.11 Å². The van der Waals surface area contributed by atoms with Gasteiger partial charge >= 0.3 is 0 Å². The zero-order chi connectivity index (χ0) is 21.8. The van der Waals surface area contributed by atoms with Crippen LogP contribution in [-0.2, 0) is 6.42 Å². The first kappa shape index (κ1) is 21.0. The Morgan fingerprint density at radius 2 is 1.65 bits per heavy atom. The van der Waals surface area contributed by atoms with Crippen LogP contribution in [0.1, 0.15) is 22.7 Å². The summed E-state index contributed by atoms with van der Waals surface area (Å²) in [6.45, 7) is 0.790. The van der Waals surface area contributed by atoms with Gasteiger partial charge in [-0.3, -0.25) is 0 Å². The molecule has 3 aromatic carbocycles. The summed E-state index contributed by atoms with van der Waals surface area (Å²) in [6, 6.07) is 22.3. The van der Waals surface area contributed by atoms with Gasteiger partial charge in [-0.15, -0.1) is 0 Å². The van der Waals surface area contributed by atoms with Gasteiger partial charge in [0.2, 0.25) is 0 Å². The Morgan fingerprint density at radius 3 is 2.35 bits per heavy atom. The van der Waals surface area contributed by atoms with E-state index in [9.17, 15) is 0 Å². The molecule has 4 rings (SSSR count). The SMILES string of the molecule is COc1cccc(NC(=S)N2CCc3cc(OC)c(OC)cc3C2c2ccccc2)c1. The summed E-state index contributed by atoms with van der Waals surface area (Å²) in [5, 5.41) is 4.06. The van der Waals surface area contributed by atoms with Crippen LogP contribution in [0.2, 0.25) is 0 Å². The van der Waals surface area contributed by atoms with Gasteiger partial charge in [-0.2, -0.15) is 0 Å². The molecule has 5 nitrogen and oxygen atoms in total. The third kappa shape index (κ3) is 4.30. The van der Waals surface area contributed by atoms with E-state index < -0.39 is 0 Å². The number of thiocarbonyl (C=S) groups is 1. The molecule has 1 aliphatic rings. The van der Waals surface area contributed by atoms with E-state index in [-0.39, 0.29) is 6.04 Å². The number of benzene rings is 3. The van der Waals surface area contributed by atoms with Gasteiger partial charge in [0.1, 0.15) is 5.75 Å². The molecule has 1 N–H and O–H groups in total. The van der Waals surface area contributed by atoms with E-state index in [1.165, 1.54) is 16.7 Å². The molecule has 0 radical (unpaired) electrons. The number of hydrogen-bond donors (Lipinski definition) is 1. The lowest BCUT2D eigenvalue weighted by molar-refractivity contribution is 0.330. The van der Waals surface area contributed by atoms with Crippen LogP contribution in [0.15, 0.2) is 66.7 Å². The number of methoxy groups -OCH3 is 3. The molecule has 0 amide bonds. The highest BCUT2D eigenvalue weighted by Gasteiger charge is 2.32. The van der Waals surface area contributed by atoms with Gasteiger partial charge in [0.15, 0.2) is 16.6 Å². The molecule has 0 saturated carbocycles. The van der Waals surface area contributed by atoms with Gasteiger partial charge in [0.05, 0.1) is 27.4 Å². The van der Waals surface area contributed by atoms with E-state index >= 15 is 0 Å². The monoisotopic (exact) mass is 434 g/mol. The molecule has 1 aliphatic heterocycles. The van der Waals surface area contributed by atoms with E-state index in [2.05, 4.69) is 46.6 Å². The van der Waals surface area contributed by atoms with Gasteiger partial charge in [-0.05, 0) is 59.6 Å². The summed E-state index contributed by atoms with van der Waals surface area (Å²) in [6.07, 6.45) is 0.860. The summed E-state index contributed by atoms with van der Waals surface area (Å²) in [5.41, 5.74) is 4.48. The molecule has 0 aliphatic carbocycles. The van der Waals surface area contributed by atoms with E-state index in [1.54, 1.807) is 21.3 Å². The molecule has 0 aromatic heterocycles. The molecule has 0 fully saturated rings. The maximum atomic E-state index is 5.87. The third-order valence-corrected chi connectivity index (χ3v) is 5.91. The summed E-state index contributed by atoms with van der Waals surface area (Å²) in [7, 11) is 4.99. The zero-order valence-electron chi connectivity index (χ0n) is 17.9. The van der Waals surface area contributed by atoms with E-state index in [4.69, 9.17) is 26.4 Å². The molecule has 0 saturated heterocycles. The summed E-state index contributed by atoms with van der Waals surface area (Å²) >= 11 is 5.87. The van der Waals surface area contributed by atoms with E-state index in [0.717, 1.165) is 35.9 Å². The number of fused-ring (bicyclic) bond motifs is 1. The van der Waals surface area contributed by atoms with Crippen molar-refractivity contribution in [2.75, 3.05) is 33.2 Å². The molecule has 0 spiro atoms. The molecule has 1 heterocycles. The summed E-state index contributed by atoms with van der Waals surface area (Å²) in [4.78, 5) is 2.23. The number of nitrogens with zero attached hydrogens (tertiary/aromatic N) is 1. The fraction of sp³-hybridized carbons (Fsp3) is 0.240. The molecular weight excluding hydrogens is 408 g/mol. The summed E-state index contributed by atoms with van der Waals surface area (Å²) < 4.78 is 16.5. The fourth-order valence-electron chi connectivity index (χ4n) is 4.06. The smallest absolute Gasteiger partial charge is 0.174 e. The average molecular weight is 435 g/mol. The van der Waals surface area contributed by atoms with Crippen molar-refractivity contribution >= 4 is 23.0 Å². The predicted molar refractivity (Wildman–Crippen MR) is 127 cm³/mol. The highest BCUT2D eigenvalue weighted by atomic mass is 32.1. The van der Waals surface area contributed by atoms with Crippen molar-refractivity contribution in [1.29, 1.82) is 0 Å². The first-order valence-electron chi connectivity index (χ1n) is 10.2. The van der Waals surface area contributed by atoms with Gasteiger partial charge in [-0.25, -0.2) is 0 Å². The normalized spacial score (nSPS) is 15.1. The number of ether oxygens (including phenoxy) is 3. The van der Waals surface area contributed by atoms with Crippen LogP contribution >= 0.6 is 12.2 Å². The number of rotatable bonds is 5. The van der Waals surface area contributed by atoms with E-state index in [1.807, 2.05) is 30.3 Å². The highest BCUT2D eigenvalue weighted by molar-refractivity contribution is 7.80. The standard InChI is InChI=1S/C25H26N2O3S/c1-28-20-11-7-10-19(15-20)26-25(31)27-13-12-18-14-22(29-2)23(30-3)16-21(18)24(27)17-8-5-4-6-9-17/h4-11,14-16,24H,12-13H2,1-3H3,(H,26,31). The third-order valence-electron chi connectivity index (χ3n) is 5.57. The minimum absolute atomic E-state index is 0.0321. The number of hydrogen-bond acceptors (Lipinski definition) is 4. The van der Waals surface area contributed by atoms with Crippen LogP contribution in [0, 0.1) is 0 Å². The molecule has 1 atom stereocenters.